The average Bonchev–Trinajstić information content (AvgIpc) is 3.27. The molecule has 1 atom stereocenters. The molecule has 0 saturated carbocycles. The van der Waals surface area contributed by atoms with Crippen molar-refractivity contribution in [3.05, 3.63) is 64.1 Å². The summed E-state index contributed by atoms with van der Waals surface area (Å²) in [4.78, 5) is 13.4. The van der Waals surface area contributed by atoms with Crippen LogP contribution in [-0.4, -0.2) is 26.1 Å². The Bertz CT molecular complexity index is 753. The van der Waals surface area contributed by atoms with E-state index in [4.69, 9.17) is 0 Å². The Hall–Kier alpha value is -2.54. The number of carbonyl (C=O) groups is 1. The van der Waals surface area contributed by atoms with E-state index in [2.05, 4.69) is 52.0 Å². The van der Waals surface area contributed by atoms with Gasteiger partial charge in [-0.1, -0.05) is 43.7 Å². The molecule has 124 valence electrons. The number of benzene rings is 1. The number of hydrogen-bond acceptors (Lipinski definition) is 5. The number of tetrazole rings is 1. The minimum Gasteiger partial charge on any atom is -0.343 e. The molecule has 0 saturated heterocycles. The van der Waals surface area contributed by atoms with Gasteiger partial charge in [0, 0.05) is 4.88 Å². The van der Waals surface area contributed by atoms with Crippen molar-refractivity contribution in [2.24, 2.45) is 0 Å². The molecular formula is C17H19N5OS. The number of hydrogen-bond donors (Lipinski definition) is 1. The lowest BCUT2D eigenvalue weighted by Crippen LogP contribution is -2.32. The molecule has 1 N–H and O–H groups in total. The zero-order valence-corrected chi connectivity index (χ0v) is 14.2. The average molecular weight is 341 g/mol. The second-order valence-electron chi connectivity index (χ2n) is 5.51. The molecule has 1 amide bonds. The standard InChI is InChI=1S/C17H19N5OS/c1-2-4-13-6-8-14(9-7-13)17(15-5-3-10-24-15)19-16(23)11-22-12-18-20-21-22/h3,5-10,12,17H,2,4,11H2,1H3,(H,19,23)/t17-/m0/s1. The number of amides is 1. The number of thiophene rings is 1. The highest BCUT2D eigenvalue weighted by molar-refractivity contribution is 7.10. The van der Waals surface area contributed by atoms with Crippen LogP contribution in [0.15, 0.2) is 48.1 Å². The molecule has 3 rings (SSSR count). The molecule has 7 heteroatoms. The Morgan fingerprint density at radius 2 is 2.12 bits per heavy atom. The third-order valence-corrected chi connectivity index (χ3v) is 4.62. The molecule has 2 heterocycles. The highest BCUT2D eigenvalue weighted by atomic mass is 32.1. The number of nitrogens with one attached hydrogen (secondary N) is 1. The van der Waals surface area contributed by atoms with Crippen LogP contribution >= 0.6 is 11.3 Å². The van der Waals surface area contributed by atoms with Crippen LogP contribution in [0.25, 0.3) is 0 Å². The van der Waals surface area contributed by atoms with E-state index in [-0.39, 0.29) is 18.5 Å². The summed E-state index contributed by atoms with van der Waals surface area (Å²) in [6.45, 7) is 2.27. The molecule has 3 aromatic rings. The van der Waals surface area contributed by atoms with Gasteiger partial charge < -0.3 is 5.32 Å². The van der Waals surface area contributed by atoms with Crippen molar-refractivity contribution >= 4 is 17.2 Å². The lowest BCUT2D eigenvalue weighted by Gasteiger charge is -2.18. The van der Waals surface area contributed by atoms with Gasteiger partial charge in [-0.05, 0) is 39.4 Å². The van der Waals surface area contributed by atoms with E-state index in [1.807, 2.05) is 17.5 Å². The number of rotatable bonds is 7. The second kappa shape index (κ2) is 7.83. The summed E-state index contributed by atoms with van der Waals surface area (Å²) >= 11 is 1.63. The van der Waals surface area contributed by atoms with Crippen molar-refractivity contribution in [3.8, 4) is 0 Å². The van der Waals surface area contributed by atoms with Gasteiger partial charge >= 0.3 is 0 Å². The third kappa shape index (κ3) is 4.05. The minimum absolute atomic E-state index is 0.1000. The van der Waals surface area contributed by atoms with Crippen molar-refractivity contribution in [1.82, 2.24) is 25.5 Å². The highest BCUT2D eigenvalue weighted by Gasteiger charge is 2.18. The van der Waals surface area contributed by atoms with E-state index < -0.39 is 0 Å². The Balaban J connectivity index is 1.77. The van der Waals surface area contributed by atoms with Crippen LogP contribution in [0, 0.1) is 0 Å². The number of nitrogens with zero attached hydrogens (tertiary/aromatic N) is 4. The van der Waals surface area contributed by atoms with Gasteiger partial charge in [-0.15, -0.1) is 16.4 Å². The van der Waals surface area contributed by atoms with Crippen molar-refractivity contribution < 1.29 is 4.79 Å². The summed E-state index contributed by atoms with van der Waals surface area (Å²) in [7, 11) is 0. The van der Waals surface area contributed by atoms with Gasteiger partial charge in [-0.3, -0.25) is 4.79 Å². The van der Waals surface area contributed by atoms with Crippen LogP contribution in [0.4, 0.5) is 0 Å². The first-order valence-electron chi connectivity index (χ1n) is 7.88. The summed E-state index contributed by atoms with van der Waals surface area (Å²) in [5.41, 5.74) is 2.38. The van der Waals surface area contributed by atoms with E-state index in [9.17, 15) is 4.79 Å². The SMILES string of the molecule is CCCc1ccc([C@H](NC(=O)Cn2cnnn2)c2cccs2)cc1. The maximum Gasteiger partial charge on any atom is 0.242 e. The summed E-state index contributed by atoms with van der Waals surface area (Å²) in [6, 6.07) is 12.3. The highest BCUT2D eigenvalue weighted by Crippen LogP contribution is 2.26. The Labute approximate surface area is 144 Å². The van der Waals surface area contributed by atoms with Gasteiger partial charge in [0.05, 0.1) is 6.04 Å². The van der Waals surface area contributed by atoms with Gasteiger partial charge in [-0.25, -0.2) is 4.68 Å². The van der Waals surface area contributed by atoms with Crippen LogP contribution < -0.4 is 5.32 Å². The van der Waals surface area contributed by atoms with Crippen molar-refractivity contribution in [2.45, 2.75) is 32.4 Å². The van der Waals surface area contributed by atoms with Crippen molar-refractivity contribution in [1.29, 1.82) is 0 Å². The quantitative estimate of drug-likeness (QED) is 0.717. The van der Waals surface area contributed by atoms with Gasteiger partial charge in [0.2, 0.25) is 5.91 Å². The zero-order valence-electron chi connectivity index (χ0n) is 13.4. The zero-order chi connectivity index (χ0) is 16.8. The largest absolute Gasteiger partial charge is 0.343 e. The normalized spacial score (nSPS) is 12.0. The second-order valence-corrected chi connectivity index (χ2v) is 6.49. The maximum absolute atomic E-state index is 12.3. The lowest BCUT2D eigenvalue weighted by molar-refractivity contribution is -0.122. The maximum atomic E-state index is 12.3. The summed E-state index contributed by atoms with van der Waals surface area (Å²) < 4.78 is 1.41. The fourth-order valence-electron chi connectivity index (χ4n) is 2.55. The molecule has 0 fully saturated rings. The minimum atomic E-state index is -0.162. The van der Waals surface area contributed by atoms with Crippen molar-refractivity contribution in [3.63, 3.8) is 0 Å². The predicted octanol–water partition coefficient (Wildman–Crippen LogP) is 2.59. The molecule has 0 unspecified atom stereocenters. The lowest BCUT2D eigenvalue weighted by atomic mass is 10.0. The van der Waals surface area contributed by atoms with Crippen molar-refractivity contribution in [2.75, 3.05) is 0 Å². The van der Waals surface area contributed by atoms with Crippen LogP contribution in [0.5, 0.6) is 0 Å². The molecule has 0 aliphatic heterocycles. The van der Waals surface area contributed by atoms with Crippen LogP contribution in [0.1, 0.15) is 35.4 Å². The molecule has 0 aliphatic carbocycles. The molecule has 0 spiro atoms. The topological polar surface area (TPSA) is 72.7 Å². The van der Waals surface area contributed by atoms with Crippen LogP contribution in [0.3, 0.4) is 0 Å². The predicted molar refractivity (Wildman–Crippen MR) is 92.6 cm³/mol. The number of aryl methyl sites for hydroxylation is 1. The third-order valence-electron chi connectivity index (χ3n) is 3.68. The fraction of sp³-hybridized carbons (Fsp3) is 0.294. The fourth-order valence-corrected chi connectivity index (χ4v) is 3.35. The molecule has 24 heavy (non-hydrogen) atoms. The Kier molecular flexibility index (Phi) is 5.32. The summed E-state index contributed by atoms with van der Waals surface area (Å²) in [5.74, 6) is -0.127. The molecule has 6 nitrogen and oxygen atoms in total. The summed E-state index contributed by atoms with van der Waals surface area (Å²) in [5, 5.41) is 15.9. The van der Waals surface area contributed by atoms with E-state index >= 15 is 0 Å². The van der Waals surface area contributed by atoms with E-state index in [0.29, 0.717) is 0 Å². The van der Waals surface area contributed by atoms with E-state index in [1.54, 1.807) is 11.3 Å². The first-order chi connectivity index (χ1) is 11.8. The van der Waals surface area contributed by atoms with Crippen LogP contribution in [-0.2, 0) is 17.8 Å². The van der Waals surface area contributed by atoms with E-state index in [1.165, 1.54) is 16.6 Å². The van der Waals surface area contributed by atoms with Gasteiger partial charge in [0.1, 0.15) is 12.9 Å². The van der Waals surface area contributed by atoms with Crippen LogP contribution in [0.2, 0.25) is 0 Å². The van der Waals surface area contributed by atoms with Gasteiger partial charge in [0.25, 0.3) is 0 Å². The molecule has 0 aliphatic rings. The van der Waals surface area contributed by atoms with E-state index in [0.717, 1.165) is 23.3 Å². The smallest absolute Gasteiger partial charge is 0.242 e. The first kappa shape index (κ1) is 16.3. The Morgan fingerprint density at radius 3 is 2.75 bits per heavy atom. The van der Waals surface area contributed by atoms with Gasteiger partial charge in [0.15, 0.2) is 0 Å². The molecule has 0 radical (unpaired) electrons. The monoisotopic (exact) mass is 341 g/mol. The molecule has 2 aromatic heterocycles. The molecular weight excluding hydrogens is 322 g/mol. The Morgan fingerprint density at radius 1 is 1.29 bits per heavy atom. The first-order valence-corrected chi connectivity index (χ1v) is 8.76. The molecule has 0 bridgehead atoms. The number of aromatic nitrogens is 4. The summed E-state index contributed by atoms with van der Waals surface area (Å²) in [6.07, 6.45) is 3.62. The number of carbonyl (C=O) groups excluding carboxylic acids is 1. The molecule has 1 aromatic carbocycles. The van der Waals surface area contributed by atoms with Gasteiger partial charge in [-0.2, -0.15) is 0 Å².